The lowest BCUT2D eigenvalue weighted by Crippen LogP contribution is -2.23. The molecule has 0 bridgehead atoms. The van der Waals surface area contributed by atoms with E-state index in [2.05, 4.69) is 17.6 Å². The average molecular weight is 240 g/mol. The third-order valence-corrected chi connectivity index (χ3v) is 3.81. The highest BCUT2D eigenvalue weighted by molar-refractivity contribution is 4.74. The second-order valence-electron chi connectivity index (χ2n) is 5.50. The maximum Gasteiger partial charge on any atom is 0.0457 e. The minimum Gasteiger partial charge on any atom is -0.303 e. The summed E-state index contributed by atoms with van der Waals surface area (Å²) < 4.78 is 0. The summed E-state index contributed by atoms with van der Waals surface area (Å²) in [5.74, 6) is 0. The summed E-state index contributed by atoms with van der Waals surface area (Å²) >= 11 is 0. The van der Waals surface area contributed by atoms with E-state index in [0.717, 1.165) is 12.7 Å². The van der Waals surface area contributed by atoms with Gasteiger partial charge in [0.1, 0.15) is 0 Å². The average Bonchev–Trinajstić information content (AvgIpc) is 2.85. The molecule has 0 amide bonds. The molecule has 1 heterocycles. The molecule has 2 N–H and O–H groups in total. The van der Waals surface area contributed by atoms with Gasteiger partial charge in [-0.25, -0.2) is 0 Å². The zero-order valence-electron chi connectivity index (χ0n) is 11.8. The molecule has 1 rings (SSSR count). The van der Waals surface area contributed by atoms with Gasteiger partial charge >= 0.3 is 0 Å². The van der Waals surface area contributed by atoms with Crippen LogP contribution in [0.1, 0.15) is 77.6 Å². The summed E-state index contributed by atoms with van der Waals surface area (Å²) in [5, 5.41) is 6.82. The quantitative estimate of drug-likeness (QED) is 0.537. The van der Waals surface area contributed by atoms with E-state index in [1.165, 1.54) is 77.2 Å². The second-order valence-corrected chi connectivity index (χ2v) is 5.50. The first kappa shape index (κ1) is 15.0. The van der Waals surface area contributed by atoms with E-state index in [4.69, 9.17) is 0 Å². The Bertz CT molecular complexity index is 153. The van der Waals surface area contributed by atoms with E-state index in [9.17, 15) is 0 Å². The topological polar surface area (TPSA) is 24.1 Å². The summed E-state index contributed by atoms with van der Waals surface area (Å²) in [4.78, 5) is 0. The minimum absolute atomic E-state index is 0.754. The first-order valence-electron chi connectivity index (χ1n) is 7.87. The standard InChI is InChI=1S/C15H32N2/c1-2-3-4-5-6-7-8-9-10-11-12-15-13-16-14-17-15/h15-17H,2-14H2,1H3. The maximum absolute atomic E-state index is 3.48. The normalized spacial score (nSPS) is 19.9. The van der Waals surface area contributed by atoms with Crippen molar-refractivity contribution in [2.24, 2.45) is 0 Å². The Morgan fingerprint density at radius 1 is 0.824 bits per heavy atom. The molecule has 0 radical (unpaired) electrons. The Hall–Kier alpha value is -0.0800. The van der Waals surface area contributed by atoms with Crippen LogP contribution in [-0.4, -0.2) is 19.3 Å². The van der Waals surface area contributed by atoms with Crippen LogP contribution in [0.4, 0.5) is 0 Å². The lowest BCUT2D eigenvalue weighted by Gasteiger charge is -2.08. The maximum atomic E-state index is 3.48. The van der Waals surface area contributed by atoms with E-state index in [0.29, 0.717) is 0 Å². The molecule has 1 unspecified atom stereocenters. The number of unbranched alkanes of at least 4 members (excludes halogenated alkanes) is 9. The molecule has 0 aromatic carbocycles. The highest BCUT2D eigenvalue weighted by atomic mass is 15.2. The van der Waals surface area contributed by atoms with Crippen molar-refractivity contribution in [1.29, 1.82) is 0 Å². The molecule has 0 aromatic rings. The van der Waals surface area contributed by atoms with Gasteiger partial charge in [-0.05, 0) is 6.42 Å². The van der Waals surface area contributed by atoms with Gasteiger partial charge in [-0.2, -0.15) is 0 Å². The SMILES string of the molecule is CCCCCCCCCCCCC1CNCN1. The Morgan fingerprint density at radius 2 is 1.41 bits per heavy atom. The van der Waals surface area contributed by atoms with Crippen LogP contribution in [0.3, 0.4) is 0 Å². The number of hydrogen-bond donors (Lipinski definition) is 2. The molecule has 2 heteroatoms. The van der Waals surface area contributed by atoms with Crippen LogP contribution >= 0.6 is 0 Å². The zero-order valence-corrected chi connectivity index (χ0v) is 11.8. The Balaban J connectivity index is 1.69. The van der Waals surface area contributed by atoms with Crippen molar-refractivity contribution in [1.82, 2.24) is 10.6 Å². The Kier molecular flexibility index (Phi) is 9.72. The molecule has 17 heavy (non-hydrogen) atoms. The highest BCUT2D eigenvalue weighted by Crippen LogP contribution is 2.12. The van der Waals surface area contributed by atoms with Crippen molar-refractivity contribution in [2.75, 3.05) is 13.2 Å². The second kappa shape index (κ2) is 11.0. The third-order valence-electron chi connectivity index (χ3n) is 3.81. The van der Waals surface area contributed by atoms with Gasteiger partial charge < -0.3 is 10.6 Å². The largest absolute Gasteiger partial charge is 0.303 e. The molecule has 1 fully saturated rings. The predicted octanol–water partition coefficient (Wildman–Crippen LogP) is 3.82. The minimum atomic E-state index is 0.754. The first-order valence-corrected chi connectivity index (χ1v) is 7.87. The van der Waals surface area contributed by atoms with Gasteiger partial charge in [0, 0.05) is 19.3 Å². The molecular weight excluding hydrogens is 208 g/mol. The van der Waals surface area contributed by atoms with E-state index in [1.807, 2.05) is 0 Å². The number of hydrogen-bond acceptors (Lipinski definition) is 2. The molecule has 0 spiro atoms. The van der Waals surface area contributed by atoms with Gasteiger partial charge in [0.2, 0.25) is 0 Å². The molecular formula is C15H32N2. The lowest BCUT2D eigenvalue weighted by molar-refractivity contribution is 0.510. The third kappa shape index (κ3) is 8.62. The van der Waals surface area contributed by atoms with E-state index < -0.39 is 0 Å². The van der Waals surface area contributed by atoms with Crippen molar-refractivity contribution in [3.63, 3.8) is 0 Å². The lowest BCUT2D eigenvalue weighted by atomic mass is 10.0. The fourth-order valence-electron chi connectivity index (χ4n) is 2.62. The van der Waals surface area contributed by atoms with Crippen LogP contribution in [0.5, 0.6) is 0 Å². The number of rotatable bonds is 11. The van der Waals surface area contributed by atoms with Gasteiger partial charge in [-0.1, -0.05) is 71.1 Å². The molecule has 1 aliphatic heterocycles. The summed E-state index contributed by atoms with van der Waals surface area (Å²) in [7, 11) is 0. The van der Waals surface area contributed by atoms with Gasteiger partial charge in [0.25, 0.3) is 0 Å². The molecule has 1 saturated heterocycles. The molecule has 1 aliphatic rings. The van der Waals surface area contributed by atoms with Gasteiger partial charge in [-0.3, -0.25) is 0 Å². The van der Waals surface area contributed by atoms with Crippen LogP contribution in [0.25, 0.3) is 0 Å². The van der Waals surface area contributed by atoms with Gasteiger partial charge in [0.15, 0.2) is 0 Å². The fraction of sp³-hybridized carbons (Fsp3) is 1.00. The van der Waals surface area contributed by atoms with Gasteiger partial charge in [-0.15, -0.1) is 0 Å². The summed E-state index contributed by atoms with van der Waals surface area (Å²) in [6.45, 7) is 4.48. The van der Waals surface area contributed by atoms with Crippen LogP contribution in [-0.2, 0) is 0 Å². The van der Waals surface area contributed by atoms with Crippen LogP contribution in [0, 0.1) is 0 Å². The van der Waals surface area contributed by atoms with Gasteiger partial charge in [0.05, 0.1) is 0 Å². The van der Waals surface area contributed by atoms with Crippen molar-refractivity contribution < 1.29 is 0 Å². The van der Waals surface area contributed by atoms with Crippen molar-refractivity contribution >= 4 is 0 Å². The van der Waals surface area contributed by atoms with E-state index in [-0.39, 0.29) is 0 Å². The molecule has 2 nitrogen and oxygen atoms in total. The first-order chi connectivity index (χ1) is 8.43. The van der Waals surface area contributed by atoms with Crippen molar-refractivity contribution in [3.8, 4) is 0 Å². The smallest absolute Gasteiger partial charge is 0.0457 e. The van der Waals surface area contributed by atoms with Crippen LogP contribution in [0.2, 0.25) is 0 Å². The molecule has 0 saturated carbocycles. The molecule has 0 aromatic heterocycles. The zero-order chi connectivity index (χ0) is 12.2. The Morgan fingerprint density at radius 3 is 1.94 bits per heavy atom. The summed E-state index contributed by atoms with van der Waals surface area (Å²) in [5.41, 5.74) is 0. The molecule has 0 aliphatic carbocycles. The van der Waals surface area contributed by atoms with Crippen LogP contribution in [0.15, 0.2) is 0 Å². The summed E-state index contributed by atoms with van der Waals surface area (Å²) in [6.07, 6.45) is 15.8. The fourth-order valence-corrected chi connectivity index (χ4v) is 2.62. The summed E-state index contributed by atoms with van der Waals surface area (Å²) in [6, 6.07) is 0.754. The van der Waals surface area contributed by atoms with Crippen LogP contribution < -0.4 is 10.6 Å². The van der Waals surface area contributed by atoms with E-state index >= 15 is 0 Å². The Labute approximate surface area is 108 Å². The monoisotopic (exact) mass is 240 g/mol. The van der Waals surface area contributed by atoms with Crippen molar-refractivity contribution in [2.45, 2.75) is 83.6 Å². The van der Waals surface area contributed by atoms with E-state index in [1.54, 1.807) is 0 Å². The molecule has 102 valence electrons. The molecule has 1 atom stereocenters. The predicted molar refractivity (Wildman–Crippen MR) is 76.3 cm³/mol. The van der Waals surface area contributed by atoms with Crippen molar-refractivity contribution in [3.05, 3.63) is 0 Å². The highest BCUT2D eigenvalue weighted by Gasteiger charge is 2.11. The number of nitrogens with one attached hydrogen (secondary N) is 2.